The summed E-state index contributed by atoms with van der Waals surface area (Å²) in [5.41, 5.74) is 0. The fourth-order valence-electron chi connectivity index (χ4n) is 2.25. The minimum Gasteiger partial charge on any atom is -0.290 e. The van der Waals surface area contributed by atoms with E-state index in [1.54, 1.807) is 24.3 Å². The van der Waals surface area contributed by atoms with Crippen LogP contribution in [0.3, 0.4) is 0 Å². The molecule has 0 bridgehead atoms. The van der Waals surface area contributed by atoms with Gasteiger partial charge >= 0.3 is 0 Å². The first-order chi connectivity index (χ1) is 9.53. The maximum Gasteiger partial charge on any atom is 0.241 e. The number of halogens is 1. The molecule has 1 aromatic rings. The first-order valence-corrected chi connectivity index (χ1v) is 8.67. The van der Waals surface area contributed by atoms with E-state index in [-0.39, 0.29) is 10.9 Å². The fraction of sp³-hybridized carbons (Fsp3) is 0.462. The van der Waals surface area contributed by atoms with Crippen molar-refractivity contribution in [3.63, 3.8) is 0 Å². The number of likely N-dealkylation sites (tertiary alicyclic amines) is 1. The number of hydrogen-bond acceptors (Lipinski definition) is 4. The second kappa shape index (κ2) is 6.68. The monoisotopic (exact) mass is 357 g/mol. The minimum absolute atomic E-state index is 0.0675. The zero-order valence-electron chi connectivity index (χ0n) is 10.9. The van der Waals surface area contributed by atoms with E-state index >= 15 is 0 Å². The van der Waals surface area contributed by atoms with Gasteiger partial charge in [-0.05, 0) is 40.9 Å². The van der Waals surface area contributed by atoms with Crippen LogP contribution in [-0.4, -0.2) is 39.0 Å². The standard InChI is InChI=1S/C13H16BrN3O2S/c14-12-3-1-2-4-13(12)20(18,19)16-11-5-8-17(9-6-11)10-7-15/h1-4,11,16H,5-6,8-10H2. The second-order valence-corrected chi connectivity index (χ2v) is 7.30. The van der Waals surface area contributed by atoms with Crippen molar-refractivity contribution in [1.82, 2.24) is 9.62 Å². The Morgan fingerprint density at radius 2 is 2.00 bits per heavy atom. The smallest absolute Gasteiger partial charge is 0.241 e. The van der Waals surface area contributed by atoms with Gasteiger partial charge in [0, 0.05) is 23.6 Å². The van der Waals surface area contributed by atoms with E-state index in [2.05, 4.69) is 26.7 Å². The predicted octanol–water partition coefficient (Wildman–Crippen LogP) is 1.72. The summed E-state index contributed by atoms with van der Waals surface area (Å²) in [5, 5.41) is 8.64. The van der Waals surface area contributed by atoms with Gasteiger partial charge in [0.1, 0.15) is 0 Å². The lowest BCUT2D eigenvalue weighted by Gasteiger charge is -2.30. The Labute approximate surface area is 127 Å². The van der Waals surface area contributed by atoms with E-state index in [9.17, 15) is 8.42 Å². The molecule has 0 unspecified atom stereocenters. The van der Waals surface area contributed by atoms with Crippen LogP contribution in [0.1, 0.15) is 12.8 Å². The van der Waals surface area contributed by atoms with Crippen LogP contribution in [-0.2, 0) is 10.0 Å². The molecule has 1 aromatic carbocycles. The zero-order valence-corrected chi connectivity index (χ0v) is 13.3. The van der Waals surface area contributed by atoms with Gasteiger partial charge in [-0.25, -0.2) is 13.1 Å². The number of sulfonamides is 1. The van der Waals surface area contributed by atoms with Crippen LogP contribution in [0.5, 0.6) is 0 Å². The van der Waals surface area contributed by atoms with E-state index in [4.69, 9.17) is 5.26 Å². The Morgan fingerprint density at radius 1 is 1.35 bits per heavy atom. The average Bonchev–Trinajstić information content (AvgIpc) is 2.41. The van der Waals surface area contributed by atoms with Crippen molar-refractivity contribution in [1.29, 1.82) is 5.26 Å². The molecule has 0 saturated carbocycles. The summed E-state index contributed by atoms with van der Waals surface area (Å²) in [6.07, 6.45) is 1.46. The zero-order chi connectivity index (χ0) is 14.6. The molecule has 2 rings (SSSR count). The molecule has 1 heterocycles. The van der Waals surface area contributed by atoms with Gasteiger partial charge in [0.05, 0.1) is 17.5 Å². The third kappa shape index (κ3) is 3.79. The summed E-state index contributed by atoms with van der Waals surface area (Å²) < 4.78 is 28.0. The highest BCUT2D eigenvalue weighted by molar-refractivity contribution is 9.10. The number of piperidine rings is 1. The van der Waals surface area contributed by atoms with Crippen molar-refractivity contribution < 1.29 is 8.42 Å². The molecule has 5 nitrogen and oxygen atoms in total. The largest absolute Gasteiger partial charge is 0.290 e. The number of nitriles is 1. The van der Waals surface area contributed by atoms with Crippen LogP contribution < -0.4 is 4.72 Å². The summed E-state index contributed by atoms with van der Waals surface area (Å²) in [7, 11) is -3.50. The summed E-state index contributed by atoms with van der Waals surface area (Å²) in [6.45, 7) is 1.90. The van der Waals surface area contributed by atoms with E-state index in [0.29, 0.717) is 11.0 Å². The molecule has 20 heavy (non-hydrogen) atoms. The van der Waals surface area contributed by atoms with Gasteiger partial charge in [-0.2, -0.15) is 5.26 Å². The van der Waals surface area contributed by atoms with Crippen molar-refractivity contribution >= 4 is 26.0 Å². The normalized spacial score (nSPS) is 17.8. The van der Waals surface area contributed by atoms with Crippen LogP contribution in [0.4, 0.5) is 0 Å². The molecule has 1 aliphatic rings. The summed E-state index contributed by atoms with van der Waals surface area (Å²) >= 11 is 3.26. The van der Waals surface area contributed by atoms with Crippen molar-refractivity contribution in [2.45, 2.75) is 23.8 Å². The first-order valence-electron chi connectivity index (χ1n) is 6.39. The molecule has 0 amide bonds. The minimum atomic E-state index is -3.50. The van der Waals surface area contributed by atoms with Gasteiger partial charge in [-0.3, -0.25) is 4.90 Å². The van der Waals surface area contributed by atoms with E-state index in [1.807, 2.05) is 4.90 Å². The number of hydrogen-bond donors (Lipinski definition) is 1. The van der Waals surface area contributed by atoms with Gasteiger partial charge in [0.2, 0.25) is 10.0 Å². The average molecular weight is 358 g/mol. The Hall–Kier alpha value is -0.940. The molecule has 7 heteroatoms. The van der Waals surface area contributed by atoms with Crippen LogP contribution in [0.2, 0.25) is 0 Å². The summed E-state index contributed by atoms with van der Waals surface area (Å²) in [6, 6.07) is 8.82. The molecule has 1 N–H and O–H groups in total. The molecule has 0 atom stereocenters. The molecule has 1 aliphatic heterocycles. The molecule has 0 aliphatic carbocycles. The Bertz CT molecular complexity index is 604. The highest BCUT2D eigenvalue weighted by Gasteiger charge is 2.25. The van der Waals surface area contributed by atoms with Crippen molar-refractivity contribution in [3.8, 4) is 6.07 Å². The molecule has 108 valence electrons. The number of nitrogens with one attached hydrogen (secondary N) is 1. The van der Waals surface area contributed by atoms with E-state index in [1.165, 1.54) is 0 Å². The molecular weight excluding hydrogens is 342 g/mol. The molecule has 0 radical (unpaired) electrons. The van der Waals surface area contributed by atoms with Crippen LogP contribution in [0, 0.1) is 11.3 Å². The van der Waals surface area contributed by atoms with Gasteiger partial charge in [-0.15, -0.1) is 0 Å². The molecular formula is C13H16BrN3O2S. The van der Waals surface area contributed by atoms with Crippen molar-refractivity contribution in [2.24, 2.45) is 0 Å². The van der Waals surface area contributed by atoms with Gasteiger partial charge in [-0.1, -0.05) is 12.1 Å². The van der Waals surface area contributed by atoms with E-state index in [0.717, 1.165) is 25.9 Å². The SMILES string of the molecule is N#CCN1CCC(NS(=O)(=O)c2ccccc2Br)CC1. The lowest BCUT2D eigenvalue weighted by molar-refractivity contribution is 0.229. The highest BCUT2D eigenvalue weighted by Crippen LogP contribution is 2.22. The van der Waals surface area contributed by atoms with Crippen LogP contribution >= 0.6 is 15.9 Å². The topological polar surface area (TPSA) is 73.2 Å². The lowest BCUT2D eigenvalue weighted by atomic mass is 10.1. The molecule has 1 saturated heterocycles. The number of benzene rings is 1. The van der Waals surface area contributed by atoms with Crippen LogP contribution in [0.25, 0.3) is 0 Å². The number of rotatable bonds is 4. The third-order valence-corrected chi connectivity index (χ3v) is 5.86. The van der Waals surface area contributed by atoms with Crippen molar-refractivity contribution in [3.05, 3.63) is 28.7 Å². The molecule has 0 aromatic heterocycles. The number of nitrogens with zero attached hydrogens (tertiary/aromatic N) is 2. The maximum absolute atomic E-state index is 12.3. The quantitative estimate of drug-likeness (QED) is 0.832. The van der Waals surface area contributed by atoms with Gasteiger partial charge in [0.15, 0.2) is 0 Å². The van der Waals surface area contributed by atoms with Crippen molar-refractivity contribution in [2.75, 3.05) is 19.6 Å². The maximum atomic E-state index is 12.3. The Morgan fingerprint density at radius 3 is 2.60 bits per heavy atom. The summed E-state index contributed by atoms with van der Waals surface area (Å²) in [4.78, 5) is 2.29. The highest BCUT2D eigenvalue weighted by atomic mass is 79.9. The van der Waals surface area contributed by atoms with Crippen LogP contribution in [0.15, 0.2) is 33.6 Å². The third-order valence-electron chi connectivity index (χ3n) is 3.33. The van der Waals surface area contributed by atoms with Gasteiger partial charge in [0.25, 0.3) is 0 Å². The molecule has 0 spiro atoms. The summed E-state index contributed by atoms with van der Waals surface area (Å²) in [5.74, 6) is 0. The Balaban J connectivity index is 2.01. The first kappa shape index (κ1) is 15.4. The van der Waals surface area contributed by atoms with E-state index < -0.39 is 10.0 Å². The second-order valence-electron chi connectivity index (χ2n) is 4.76. The fourth-order valence-corrected chi connectivity index (χ4v) is 4.56. The molecule has 1 fully saturated rings. The lowest BCUT2D eigenvalue weighted by Crippen LogP contribution is -2.44. The van der Waals surface area contributed by atoms with Gasteiger partial charge < -0.3 is 0 Å². The predicted molar refractivity (Wildman–Crippen MR) is 79.5 cm³/mol. The Kier molecular flexibility index (Phi) is 5.16.